The Labute approximate surface area is 130 Å². The maximum absolute atomic E-state index is 11.6. The fourth-order valence-corrected chi connectivity index (χ4v) is 4.54. The molecular formula is C13H22ClN3O3S. The number of halogens is 1. The van der Waals surface area contributed by atoms with Gasteiger partial charge < -0.3 is 10.4 Å². The number of rotatable bonds is 6. The van der Waals surface area contributed by atoms with Crippen LogP contribution in [0.4, 0.5) is 0 Å². The number of sulfone groups is 1. The maximum atomic E-state index is 11.6. The van der Waals surface area contributed by atoms with E-state index < -0.39 is 9.84 Å². The van der Waals surface area contributed by atoms with Gasteiger partial charge >= 0.3 is 0 Å². The predicted octanol–water partition coefficient (Wildman–Crippen LogP) is 0.923. The molecule has 1 fully saturated rings. The van der Waals surface area contributed by atoms with Crippen molar-refractivity contribution in [2.75, 3.05) is 24.7 Å². The Bertz CT molecular complexity index is 600. The second kappa shape index (κ2) is 6.64. The van der Waals surface area contributed by atoms with Gasteiger partial charge in [-0.15, -0.1) is 0 Å². The first-order chi connectivity index (χ1) is 9.84. The van der Waals surface area contributed by atoms with E-state index in [-0.39, 0.29) is 30.1 Å². The van der Waals surface area contributed by atoms with Crippen LogP contribution in [-0.4, -0.2) is 48.0 Å². The van der Waals surface area contributed by atoms with Crippen molar-refractivity contribution in [1.82, 2.24) is 15.1 Å². The molecule has 2 heterocycles. The van der Waals surface area contributed by atoms with Gasteiger partial charge in [-0.1, -0.05) is 18.5 Å². The minimum atomic E-state index is -2.96. The lowest BCUT2D eigenvalue weighted by Crippen LogP contribution is -2.23. The van der Waals surface area contributed by atoms with Gasteiger partial charge in [-0.2, -0.15) is 5.10 Å². The van der Waals surface area contributed by atoms with Gasteiger partial charge in [-0.25, -0.2) is 13.1 Å². The zero-order valence-corrected chi connectivity index (χ0v) is 13.9. The van der Waals surface area contributed by atoms with Crippen LogP contribution in [0.1, 0.15) is 30.6 Å². The summed E-state index contributed by atoms with van der Waals surface area (Å²) in [5.74, 6) is 0.496. The standard InChI is InChI=1S/C13H22ClN3O3S/c1-9(7-18)5-15-6-12-10(2)16-17(13(12)14)11-3-4-21(19,20)8-11/h9,11,15,18H,3-8H2,1-2H3. The van der Waals surface area contributed by atoms with Crippen molar-refractivity contribution < 1.29 is 13.5 Å². The van der Waals surface area contributed by atoms with E-state index >= 15 is 0 Å². The molecule has 1 aliphatic heterocycles. The molecule has 0 bridgehead atoms. The normalized spacial score (nSPS) is 22.6. The predicted molar refractivity (Wildman–Crippen MR) is 82.2 cm³/mol. The average Bonchev–Trinajstić information content (AvgIpc) is 2.91. The van der Waals surface area contributed by atoms with E-state index in [9.17, 15) is 8.42 Å². The molecule has 0 radical (unpaired) electrons. The van der Waals surface area contributed by atoms with Crippen LogP contribution in [0.25, 0.3) is 0 Å². The van der Waals surface area contributed by atoms with E-state index in [0.717, 1.165) is 11.3 Å². The molecule has 0 amide bonds. The highest BCUT2D eigenvalue weighted by molar-refractivity contribution is 7.91. The van der Waals surface area contributed by atoms with Crippen LogP contribution in [0.15, 0.2) is 0 Å². The second-order valence-corrected chi connectivity index (χ2v) is 8.36. The van der Waals surface area contributed by atoms with Crippen LogP contribution in [0.2, 0.25) is 5.15 Å². The first-order valence-electron chi connectivity index (χ1n) is 7.09. The van der Waals surface area contributed by atoms with Gasteiger partial charge in [0.1, 0.15) is 5.15 Å². The lowest BCUT2D eigenvalue weighted by molar-refractivity contribution is 0.233. The number of aliphatic hydroxyl groups excluding tert-OH is 1. The Morgan fingerprint density at radius 3 is 2.86 bits per heavy atom. The highest BCUT2D eigenvalue weighted by atomic mass is 35.5. The highest BCUT2D eigenvalue weighted by Gasteiger charge is 2.31. The van der Waals surface area contributed by atoms with Crippen LogP contribution < -0.4 is 5.32 Å². The smallest absolute Gasteiger partial charge is 0.152 e. The SMILES string of the molecule is Cc1nn(C2CCS(=O)(=O)C2)c(Cl)c1CNCC(C)CO. The van der Waals surface area contributed by atoms with Crippen LogP contribution in [0, 0.1) is 12.8 Å². The van der Waals surface area contributed by atoms with Crippen molar-refractivity contribution >= 4 is 21.4 Å². The largest absolute Gasteiger partial charge is 0.396 e. The summed E-state index contributed by atoms with van der Waals surface area (Å²) in [4.78, 5) is 0. The third-order valence-electron chi connectivity index (χ3n) is 3.81. The summed E-state index contributed by atoms with van der Waals surface area (Å²) in [5.41, 5.74) is 1.71. The Balaban J connectivity index is 2.07. The number of hydrogen-bond donors (Lipinski definition) is 2. The van der Waals surface area contributed by atoms with E-state index in [1.165, 1.54) is 0 Å². The molecule has 1 aromatic rings. The van der Waals surface area contributed by atoms with Crippen LogP contribution in [0.5, 0.6) is 0 Å². The summed E-state index contributed by atoms with van der Waals surface area (Å²) in [6.45, 7) is 5.22. The van der Waals surface area contributed by atoms with Gasteiger partial charge in [0.25, 0.3) is 0 Å². The Morgan fingerprint density at radius 1 is 1.57 bits per heavy atom. The molecule has 6 nitrogen and oxygen atoms in total. The Hall–Kier alpha value is -0.630. The van der Waals surface area contributed by atoms with Crippen LogP contribution in [0.3, 0.4) is 0 Å². The van der Waals surface area contributed by atoms with E-state index in [0.29, 0.717) is 24.7 Å². The fourth-order valence-electron chi connectivity index (χ4n) is 2.47. The Kier molecular flexibility index (Phi) is 5.29. The Morgan fingerprint density at radius 2 is 2.29 bits per heavy atom. The first-order valence-corrected chi connectivity index (χ1v) is 9.29. The number of aliphatic hydroxyl groups is 1. The molecule has 2 atom stereocenters. The van der Waals surface area contributed by atoms with Crippen molar-refractivity contribution in [1.29, 1.82) is 0 Å². The molecule has 0 aromatic carbocycles. The number of aryl methyl sites for hydroxylation is 1. The third-order valence-corrected chi connectivity index (χ3v) is 5.96. The molecule has 0 saturated carbocycles. The monoisotopic (exact) mass is 335 g/mol. The molecular weight excluding hydrogens is 314 g/mol. The molecule has 1 aromatic heterocycles. The van der Waals surface area contributed by atoms with E-state index in [1.54, 1.807) is 4.68 Å². The quantitative estimate of drug-likeness (QED) is 0.807. The van der Waals surface area contributed by atoms with Gasteiger partial charge in [0, 0.05) is 25.3 Å². The topological polar surface area (TPSA) is 84.2 Å². The minimum Gasteiger partial charge on any atom is -0.396 e. The molecule has 1 aliphatic rings. The maximum Gasteiger partial charge on any atom is 0.152 e. The molecule has 1 saturated heterocycles. The summed E-state index contributed by atoms with van der Waals surface area (Å²) < 4.78 is 24.8. The van der Waals surface area contributed by atoms with Gasteiger partial charge in [0.15, 0.2) is 9.84 Å². The number of nitrogens with zero attached hydrogens (tertiary/aromatic N) is 2. The zero-order valence-electron chi connectivity index (χ0n) is 12.3. The molecule has 8 heteroatoms. The number of aromatic nitrogens is 2. The summed E-state index contributed by atoms with van der Waals surface area (Å²) in [6, 6.07) is -0.161. The lowest BCUT2D eigenvalue weighted by atomic mass is 10.2. The zero-order chi connectivity index (χ0) is 15.6. The van der Waals surface area contributed by atoms with Crippen molar-refractivity contribution in [3.05, 3.63) is 16.4 Å². The fraction of sp³-hybridized carbons (Fsp3) is 0.769. The number of nitrogens with one attached hydrogen (secondary N) is 1. The minimum absolute atomic E-state index is 0.113. The molecule has 2 N–H and O–H groups in total. The molecule has 0 aliphatic carbocycles. The van der Waals surface area contributed by atoms with Crippen LogP contribution >= 0.6 is 11.6 Å². The van der Waals surface area contributed by atoms with Gasteiger partial charge in [-0.3, -0.25) is 0 Å². The lowest BCUT2D eigenvalue weighted by Gasteiger charge is -2.11. The van der Waals surface area contributed by atoms with E-state index in [1.807, 2.05) is 13.8 Å². The van der Waals surface area contributed by atoms with Gasteiger partial charge in [-0.05, 0) is 19.3 Å². The molecule has 2 rings (SSSR count). The van der Waals surface area contributed by atoms with Crippen molar-refractivity contribution in [2.24, 2.45) is 5.92 Å². The summed E-state index contributed by atoms with van der Waals surface area (Å²) in [6.07, 6.45) is 0.567. The molecule has 120 valence electrons. The summed E-state index contributed by atoms with van der Waals surface area (Å²) in [7, 11) is -2.96. The molecule has 21 heavy (non-hydrogen) atoms. The van der Waals surface area contributed by atoms with Crippen molar-refractivity contribution in [3.8, 4) is 0 Å². The first kappa shape index (κ1) is 16.7. The van der Waals surface area contributed by atoms with Gasteiger partial charge in [0.2, 0.25) is 0 Å². The third kappa shape index (κ3) is 3.97. The van der Waals surface area contributed by atoms with Crippen molar-refractivity contribution in [3.63, 3.8) is 0 Å². The summed E-state index contributed by atoms with van der Waals surface area (Å²) in [5, 5.41) is 17.2. The average molecular weight is 336 g/mol. The highest BCUT2D eigenvalue weighted by Crippen LogP contribution is 2.29. The number of hydrogen-bond acceptors (Lipinski definition) is 5. The van der Waals surface area contributed by atoms with Crippen LogP contribution in [-0.2, 0) is 16.4 Å². The second-order valence-electron chi connectivity index (χ2n) is 5.77. The van der Waals surface area contributed by atoms with Crippen molar-refractivity contribution in [2.45, 2.75) is 32.9 Å². The van der Waals surface area contributed by atoms with E-state index in [2.05, 4.69) is 10.4 Å². The van der Waals surface area contributed by atoms with E-state index in [4.69, 9.17) is 16.7 Å². The summed E-state index contributed by atoms with van der Waals surface area (Å²) >= 11 is 6.37. The van der Waals surface area contributed by atoms with Gasteiger partial charge in [0.05, 0.1) is 23.2 Å². The molecule has 0 spiro atoms. The molecule has 2 unspecified atom stereocenters.